The number of cyclic esters (lactones) is 1. The van der Waals surface area contributed by atoms with Gasteiger partial charge in [-0.3, -0.25) is 19.3 Å². The molecule has 14 nitrogen and oxygen atoms in total. The second-order valence-corrected chi connectivity index (χ2v) is 11.9. The van der Waals surface area contributed by atoms with E-state index in [1.165, 1.54) is 41.1 Å². The van der Waals surface area contributed by atoms with E-state index >= 15 is 4.39 Å². The number of anilines is 2. The van der Waals surface area contributed by atoms with Crippen LogP contribution in [0.5, 0.6) is 5.75 Å². The second-order valence-electron chi connectivity index (χ2n) is 11.9. The van der Waals surface area contributed by atoms with Crippen molar-refractivity contribution in [2.45, 2.75) is 38.0 Å². The number of ether oxygens (including phenoxy) is 2. The molecule has 254 valence electrons. The fourth-order valence-electron chi connectivity index (χ4n) is 5.90. The lowest BCUT2D eigenvalue weighted by Gasteiger charge is -2.37. The van der Waals surface area contributed by atoms with Gasteiger partial charge in [0.05, 0.1) is 30.0 Å². The molecule has 3 amide bonds. The minimum Gasteiger partial charge on any atom is -0.487 e. The van der Waals surface area contributed by atoms with Gasteiger partial charge < -0.3 is 39.4 Å². The molecule has 2 saturated heterocycles. The van der Waals surface area contributed by atoms with Gasteiger partial charge >= 0.3 is 12.1 Å². The Morgan fingerprint density at radius 2 is 1.79 bits per heavy atom. The summed E-state index contributed by atoms with van der Waals surface area (Å²) in [7, 11) is 0. The molecule has 2 atom stereocenters. The number of rotatable bonds is 10. The number of nitrogens with one attached hydrogen (secondary N) is 1. The Balaban J connectivity index is 1.05. The average Bonchev–Trinajstić information content (AvgIpc) is 3.83. The Morgan fingerprint density at radius 1 is 1.06 bits per heavy atom. The lowest BCUT2D eigenvalue weighted by atomic mass is 10.1. The maximum Gasteiger partial charge on any atom is 0.414 e. The molecule has 1 saturated carbocycles. The normalized spacial score (nSPS) is 18.5. The van der Waals surface area contributed by atoms with Crippen molar-refractivity contribution in [3.63, 3.8) is 0 Å². The standard InChI is InChI=1S/C32H33F2N5O9/c1-17(40)35-13-20-14-39(32(46)48-20)19-4-5-28(24(34)10-19)47-16-27(41)30(43)37-8-6-36(7-9-37)26-12-25-21(11-23(26)33)29(42)22(31(44)45)15-38(25)18-2-3-18/h4-5,10-12,15,18,20,27,41H,2-3,6-9,13-14,16H2,1H3,(H,35,40)(H,44,45)/t20-,27?/m0/s1. The topological polar surface area (TPSA) is 171 Å². The molecule has 0 radical (unpaired) electrons. The summed E-state index contributed by atoms with van der Waals surface area (Å²) >= 11 is 0. The van der Waals surface area contributed by atoms with Gasteiger partial charge in [-0.15, -0.1) is 0 Å². The number of aromatic carboxylic acids is 1. The number of piperazine rings is 1. The zero-order valence-electron chi connectivity index (χ0n) is 25.9. The van der Waals surface area contributed by atoms with Crippen LogP contribution in [0.2, 0.25) is 0 Å². The second kappa shape index (κ2) is 13.1. The summed E-state index contributed by atoms with van der Waals surface area (Å²) in [4.78, 5) is 65.0. The highest BCUT2D eigenvalue weighted by molar-refractivity contribution is 5.94. The molecule has 2 aliphatic heterocycles. The van der Waals surface area contributed by atoms with Crippen LogP contribution in [0.15, 0.2) is 41.3 Å². The number of hydrogen-bond donors (Lipinski definition) is 3. The lowest BCUT2D eigenvalue weighted by Crippen LogP contribution is -2.52. The van der Waals surface area contributed by atoms with Crippen molar-refractivity contribution in [1.29, 1.82) is 0 Å². The molecule has 1 unspecified atom stereocenters. The van der Waals surface area contributed by atoms with Gasteiger partial charge in [0.1, 0.15) is 24.1 Å². The van der Waals surface area contributed by atoms with Gasteiger partial charge in [0.25, 0.3) is 5.91 Å². The fraction of sp³-hybridized carbons (Fsp3) is 0.406. The van der Waals surface area contributed by atoms with Gasteiger partial charge in [-0.2, -0.15) is 0 Å². The number of aromatic nitrogens is 1. The van der Waals surface area contributed by atoms with Crippen LogP contribution in [0.25, 0.3) is 10.9 Å². The van der Waals surface area contributed by atoms with E-state index < -0.39 is 59.4 Å². The van der Waals surface area contributed by atoms with Gasteiger partial charge in [-0.05, 0) is 37.1 Å². The number of nitrogens with zero attached hydrogens (tertiary/aromatic N) is 4. The van der Waals surface area contributed by atoms with Crippen LogP contribution in [0.4, 0.5) is 25.0 Å². The summed E-state index contributed by atoms with van der Waals surface area (Å²) < 4.78 is 42.4. The third-order valence-corrected chi connectivity index (χ3v) is 8.57. The maximum atomic E-state index is 15.3. The van der Waals surface area contributed by atoms with Gasteiger partial charge in [0.15, 0.2) is 17.7 Å². The molecule has 0 bridgehead atoms. The van der Waals surface area contributed by atoms with E-state index in [-0.39, 0.29) is 73.7 Å². The highest BCUT2D eigenvalue weighted by atomic mass is 19.1. The molecular weight excluding hydrogens is 636 g/mol. The maximum absolute atomic E-state index is 15.3. The molecule has 3 N–H and O–H groups in total. The van der Waals surface area contributed by atoms with E-state index in [9.17, 15) is 38.6 Å². The van der Waals surface area contributed by atoms with E-state index in [2.05, 4.69) is 5.32 Å². The zero-order chi connectivity index (χ0) is 34.3. The van der Waals surface area contributed by atoms with Crippen molar-refractivity contribution >= 4 is 46.2 Å². The van der Waals surface area contributed by atoms with Gasteiger partial charge in [0.2, 0.25) is 11.3 Å². The van der Waals surface area contributed by atoms with Gasteiger partial charge in [-0.25, -0.2) is 18.4 Å². The first-order valence-corrected chi connectivity index (χ1v) is 15.4. The minimum atomic E-state index is -1.62. The Hall–Kier alpha value is -5.25. The van der Waals surface area contributed by atoms with Crippen molar-refractivity contribution in [2.24, 2.45) is 0 Å². The summed E-state index contributed by atoms with van der Waals surface area (Å²) in [5.74, 6) is -4.08. The third-order valence-electron chi connectivity index (χ3n) is 8.57. The van der Waals surface area contributed by atoms with Crippen molar-refractivity contribution < 1.29 is 47.6 Å². The molecule has 3 aromatic rings. The smallest absolute Gasteiger partial charge is 0.414 e. The molecule has 6 rings (SSSR count). The van der Waals surface area contributed by atoms with Crippen molar-refractivity contribution in [3.05, 3.63) is 63.9 Å². The number of halogens is 2. The highest BCUT2D eigenvalue weighted by Crippen LogP contribution is 2.38. The molecule has 3 heterocycles. The molecule has 48 heavy (non-hydrogen) atoms. The molecule has 0 spiro atoms. The van der Waals surface area contributed by atoms with E-state index in [1.807, 2.05) is 0 Å². The average molecular weight is 670 g/mol. The van der Waals surface area contributed by atoms with E-state index in [4.69, 9.17) is 9.47 Å². The summed E-state index contributed by atoms with van der Waals surface area (Å²) in [6, 6.07) is 6.36. The van der Waals surface area contributed by atoms with Crippen LogP contribution >= 0.6 is 0 Å². The lowest BCUT2D eigenvalue weighted by molar-refractivity contribution is -0.142. The SMILES string of the molecule is CC(=O)NC[C@H]1CN(c2ccc(OCC(O)C(=O)N3CCN(c4cc5c(cc4F)c(=O)c(C(=O)O)cn5C4CC4)CC3)c(F)c2)C(=O)O1. The van der Waals surface area contributed by atoms with Crippen molar-refractivity contribution in [2.75, 3.05) is 55.7 Å². The van der Waals surface area contributed by atoms with Gasteiger partial charge in [-0.1, -0.05) is 0 Å². The number of carboxylic acids is 1. The number of hydrogen-bond acceptors (Lipinski definition) is 9. The summed E-state index contributed by atoms with van der Waals surface area (Å²) in [6.45, 7) is 1.70. The minimum absolute atomic E-state index is 0.0167. The summed E-state index contributed by atoms with van der Waals surface area (Å²) in [6.07, 6.45) is 0.0131. The van der Waals surface area contributed by atoms with E-state index in [0.717, 1.165) is 25.0 Å². The number of benzene rings is 2. The highest BCUT2D eigenvalue weighted by Gasteiger charge is 2.34. The number of pyridine rings is 1. The first-order valence-electron chi connectivity index (χ1n) is 15.4. The first kappa shape index (κ1) is 32.7. The number of carboxylic acid groups (broad SMARTS) is 1. The monoisotopic (exact) mass is 669 g/mol. The van der Waals surface area contributed by atoms with Crippen LogP contribution in [0, 0.1) is 11.6 Å². The summed E-state index contributed by atoms with van der Waals surface area (Å²) in [5.41, 5.74) is -0.333. The molecule has 1 aromatic heterocycles. The molecule has 2 aromatic carbocycles. The number of aliphatic hydroxyl groups excluding tert-OH is 1. The Bertz CT molecular complexity index is 1860. The van der Waals surface area contributed by atoms with E-state index in [0.29, 0.717) is 5.52 Å². The number of amides is 3. The van der Waals surface area contributed by atoms with Crippen LogP contribution in [-0.2, 0) is 14.3 Å². The Labute approximate surface area is 272 Å². The number of aliphatic hydroxyl groups is 1. The third kappa shape index (κ3) is 6.60. The molecule has 3 fully saturated rings. The van der Waals surface area contributed by atoms with E-state index in [1.54, 1.807) is 9.47 Å². The van der Waals surface area contributed by atoms with Gasteiger partial charge in [0, 0.05) is 56.8 Å². The molecule has 1 aliphatic carbocycles. The fourth-order valence-corrected chi connectivity index (χ4v) is 5.90. The van der Waals surface area contributed by atoms with Crippen LogP contribution < -0.4 is 25.3 Å². The predicted octanol–water partition coefficient (Wildman–Crippen LogP) is 1.86. The molecular formula is C32H33F2N5O9. The molecule has 3 aliphatic rings. The van der Waals surface area contributed by atoms with Crippen LogP contribution in [0.3, 0.4) is 0 Å². The number of fused-ring (bicyclic) bond motifs is 1. The summed E-state index contributed by atoms with van der Waals surface area (Å²) in [5, 5.41) is 22.5. The molecule has 16 heteroatoms. The van der Waals surface area contributed by atoms with Crippen LogP contribution in [-0.4, -0.2) is 102 Å². The number of carbonyl (C=O) groups is 4. The van der Waals surface area contributed by atoms with Crippen molar-refractivity contribution in [3.8, 4) is 5.75 Å². The van der Waals surface area contributed by atoms with Crippen molar-refractivity contribution in [1.82, 2.24) is 14.8 Å². The first-order chi connectivity index (χ1) is 22.9. The Kier molecular flexibility index (Phi) is 8.92. The largest absolute Gasteiger partial charge is 0.487 e. The quantitative estimate of drug-likeness (QED) is 0.290. The number of carbonyl (C=O) groups excluding carboxylic acids is 3. The Morgan fingerprint density at radius 3 is 2.44 bits per heavy atom. The predicted molar refractivity (Wildman–Crippen MR) is 166 cm³/mol. The van der Waals surface area contributed by atoms with Crippen LogP contribution in [0.1, 0.15) is 36.2 Å². The zero-order valence-corrected chi connectivity index (χ0v) is 25.9.